The second-order valence-electron chi connectivity index (χ2n) is 5.14. The molecule has 2 aromatic carbocycles. The third-order valence-corrected chi connectivity index (χ3v) is 3.31. The number of carbonyl (C=O) groups is 2. The minimum atomic E-state index is -0.966. The van der Waals surface area contributed by atoms with Gasteiger partial charge in [0, 0.05) is 6.07 Å². The first-order chi connectivity index (χ1) is 11.8. The second kappa shape index (κ2) is 7.30. The number of carbonyl (C=O) groups excluding carboxylic acids is 2. The maximum absolute atomic E-state index is 12.0. The molecule has 0 bridgehead atoms. The number of nitrogens with one attached hydrogen (secondary N) is 2. The molecule has 9 nitrogen and oxygen atoms in total. The van der Waals surface area contributed by atoms with Gasteiger partial charge in [0.15, 0.2) is 0 Å². The number of nitrogen functional groups attached to an aromatic ring is 1. The average Bonchev–Trinajstić information content (AvgIpc) is 2.57. The molecule has 0 saturated carbocycles. The number of ether oxygens (including phenoxy) is 1. The zero-order chi connectivity index (χ0) is 18.6. The Morgan fingerprint density at radius 1 is 1.08 bits per heavy atom. The Labute approximate surface area is 142 Å². The molecule has 0 aromatic heterocycles. The van der Waals surface area contributed by atoms with Crippen LogP contribution in [0.3, 0.4) is 0 Å². The third kappa shape index (κ3) is 4.22. The molecule has 0 aliphatic rings. The number of nitro groups is 1. The summed E-state index contributed by atoms with van der Waals surface area (Å²) in [7, 11) is 1.29. The van der Waals surface area contributed by atoms with Gasteiger partial charge < -0.3 is 21.1 Å². The number of nitrogens with two attached hydrogens (primary N) is 1. The highest BCUT2D eigenvalue weighted by Gasteiger charge is 2.18. The average molecular weight is 344 g/mol. The second-order valence-corrected chi connectivity index (χ2v) is 5.14. The largest absolute Gasteiger partial charge is 0.494 e. The molecular formula is C16H16N4O5. The standard InChI is InChI=1S/C16H16N4O5/c1-9-3-5-12(11(17)7-9)18-15(21)16(22)19-13-6-4-10(20(23)24)8-14(13)25-2/h3-8H,17H2,1-2H3,(H,18,21)(H,19,22). The normalized spacial score (nSPS) is 10.0. The molecule has 2 amide bonds. The fourth-order valence-electron chi connectivity index (χ4n) is 2.05. The maximum Gasteiger partial charge on any atom is 0.314 e. The number of benzene rings is 2. The van der Waals surface area contributed by atoms with Crippen molar-refractivity contribution in [2.24, 2.45) is 0 Å². The highest BCUT2D eigenvalue weighted by Crippen LogP contribution is 2.29. The SMILES string of the molecule is COc1cc([N+](=O)[O-])ccc1NC(=O)C(=O)Nc1ccc(C)cc1N. The molecular weight excluding hydrogens is 328 g/mol. The van der Waals surface area contributed by atoms with Gasteiger partial charge in [-0.05, 0) is 30.7 Å². The van der Waals surface area contributed by atoms with Crippen molar-refractivity contribution in [3.63, 3.8) is 0 Å². The molecule has 0 heterocycles. The van der Waals surface area contributed by atoms with Crippen LogP contribution in [0.2, 0.25) is 0 Å². The fourth-order valence-corrected chi connectivity index (χ4v) is 2.05. The van der Waals surface area contributed by atoms with E-state index in [9.17, 15) is 19.7 Å². The number of non-ortho nitro benzene ring substituents is 1. The Bertz CT molecular complexity index is 850. The molecule has 4 N–H and O–H groups in total. The lowest BCUT2D eigenvalue weighted by atomic mass is 10.2. The zero-order valence-electron chi connectivity index (χ0n) is 13.5. The van der Waals surface area contributed by atoms with E-state index in [2.05, 4.69) is 10.6 Å². The van der Waals surface area contributed by atoms with Crippen LogP contribution in [0.1, 0.15) is 5.56 Å². The molecule has 0 radical (unpaired) electrons. The van der Waals surface area contributed by atoms with E-state index in [4.69, 9.17) is 10.5 Å². The number of aryl methyl sites for hydroxylation is 1. The summed E-state index contributed by atoms with van der Waals surface area (Å²) in [5, 5.41) is 15.5. The van der Waals surface area contributed by atoms with Gasteiger partial charge in [0.25, 0.3) is 5.69 Å². The minimum absolute atomic E-state index is 0.0604. The van der Waals surface area contributed by atoms with Gasteiger partial charge in [0.05, 0.1) is 35.2 Å². The molecule has 0 unspecified atom stereocenters. The van der Waals surface area contributed by atoms with Crippen molar-refractivity contribution >= 4 is 34.6 Å². The number of rotatable bonds is 4. The minimum Gasteiger partial charge on any atom is -0.494 e. The van der Waals surface area contributed by atoms with Gasteiger partial charge >= 0.3 is 11.8 Å². The van der Waals surface area contributed by atoms with Crippen molar-refractivity contribution in [2.45, 2.75) is 6.92 Å². The molecule has 25 heavy (non-hydrogen) atoms. The maximum atomic E-state index is 12.0. The van der Waals surface area contributed by atoms with E-state index in [1.165, 1.54) is 19.2 Å². The summed E-state index contributed by atoms with van der Waals surface area (Å²) >= 11 is 0. The monoisotopic (exact) mass is 344 g/mol. The highest BCUT2D eigenvalue weighted by atomic mass is 16.6. The molecule has 0 aliphatic heterocycles. The van der Waals surface area contributed by atoms with Crippen molar-refractivity contribution in [3.8, 4) is 5.75 Å². The first-order valence-corrected chi connectivity index (χ1v) is 7.12. The van der Waals surface area contributed by atoms with Gasteiger partial charge in [-0.3, -0.25) is 19.7 Å². The molecule has 9 heteroatoms. The van der Waals surface area contributed by atoms with Crippen molar-refractivity contribution in [1.29, 1.82) is 0 Å². The summed E-state index contributed by atoms with van der Waals surface area (Å²) in [6.45, 7) is 1.84. The van der Waals surface area contributed by atoms with Crippen LogP contribution in [-0.4, -0.2) is 23.8 Å². The van der Waals surface area contributed by atoms with Gasteiger partial charge in [0.1, 0.15) is 5.75 Å². The van der Waals surface area contributed by atoms with Crippen LogP contribution in [0.15, 0.2) is 36.4 Å². The Balaban J connectivity index is 2.13. The van der Waals surface area contributed by atoms with Crippen molar-refractivity contribution in [1.82, 2.24) is 0 Å². The molecule has 0 aliphatic carbocycles. The van der Waals surface area contributed by atoms with Gasteiger partial charge in [0.2, 0.25) is 0 Å². The van der Waals surface area contributed by atoms with Gasteiger partial charge in [-0.15, -0.1) is 0 Å². The van der Waals surface area contributed by atoms with Crippen LogP contribution in [0.4, 0.5) is 22.7 Å². The van der Waals surface area contributed by atoms with E-state index in [1.807, 2.05) is 6.92 Å². The van der Waals surface area contributed by atoms with Crippen LogP contribution < -0.4 is 21.1 Å². The Hall–Kier alpha value is -3.62. The predicted molar refractivity (Wildman–Crippen MR) is 92.5 cm³/mol. The molecule has 0 fully saturated rings. The number of amides is 2. The van der Waals surface area contributed by atoms with Gasteiger partial charge in [-0.2, -0.15) is 0 Å². The molecule has 0 saturated heterocycles. The lowest BCUT2D eigenvalue weighted by molar-refractivity contribution is -0.384. The van der Waals surface area contributed by atoms with Gasteiger partial charge in [-0.1, -0.05) is 6.07 Å². The van der Waals surface area contributed by atoms with Crippen LogP contribution in [-0.2, 0) is 9.59 Å². The first-order valence-electron chi connectivity index (χ1n) is 7.12. The van der Waals surface area contributed by atoms with E-state index < -0.39 is 16.7 Å². The topological polar surface area (TPSA) is 137 Å². The molecule has 2 aromatic rings. The lowest BCUT2D eigenvalue weighted by Gasteiger charge is -2.11. The van der Waals surface area contributed by atoms with E-state index in [1.54, 1.807) is 18.2 Å². The van der Waals surface area contributed by atoms with E-state index in [0.29, 0.717) is 11.4 Å². The smallest absolute Gasteiger partial charge is 0.314 e. The quantitative estimate of drug-likeness (QED) is 0.336. The first kappa shape index (κ1) is 17.7. The highest BCUT2D eigenvalue weighted by molar-refractivity contribution is 6.44. The lowest BCUT2D eigenvalue weighted by Crippen LogP contribution is -2.29. The van der Waals surface area contributed by atoms with Gasteiger partial charge in [-0.25, -0.2) is 0 Å². The summed E-state index contributed by atoms with van der Waals surface area (Å²) in [4.78, 5) is 34.2. The van der Waals surface area contributed by atoms with Crippen LogP contribution in [0, 0.1) is 17.0 Å². The summed E-state index contributed by atoms with van der Waals surface area (Å²) in [6.07, 6.45) is 0. The summed E-state index contributed by atoms with van der Waals surface area (Å²) in [5.74, 6) is -1.84. The Kier molecular flexibility index (Phi) is 5.18. The Morgan fingerprint density at radius 2 is 1.68 bits per heavy atom. The van der Waals surface area contributed by atoms with Crippen LogP contribution >= 0.6 is 0 Å². The van der Waals surface area contributed by atoms with E-state index in [0.717, 1.165) is 11.6 Å². The molecule has 2 rings (SSSR count). The summed E-state index contributed by atoms with van der Waals surface area (Å²) in [6, 6.07) is 8.60. The van der Waals surface area contributed by atoms with Crippen molar-refractivity contribution in [3.05, 3.63) is 52.1 Å². The zero-order valence-corrected chi connectivity index (χ0v) is 13.5. The number of hydrogen-bond donors (Lipinski definition) is 3. The molecule has 0 spiro atoms. The number of hydrogen-bond acceptors (Lipinski definition) is 6. The van der Waals surface area contributed by atoms with Crippen molar-refractivity contribution in [2.75, 3.05) is 23.5 Å². The van der Waals surface area contributed by atoms with E-state index >= 15 is 0 Å². The van der Waals surface area contributed by atoms with Crippen LogP contribution in [0.25, 0.3) is 0 Å². The number of nitrogens with zero attached hydrogens (tertiary/aromatic N) is 1. The number of nitro benzene ring substituents is 1. The predicted octanol–water partition coefficient (Wildman–Crippen LogP) is 2.07. The number of methoxy groups -OCH3 is 1. The van der Waals surface area contributed by atoms with Crippen LogP contribution in [0.5, 0.6) is 5.75 Å². The third-order valence-electron chi connectivity index (χ3n) is 3.31. The fraction of sp³-hybridized carbons (Fsp3) is 0.125. The molecule has 0 atom stereocenters. The number of anilines is 3. The molecule has 130 valence electrons. The van der Waals surface area contributed by atoms with Crippen molar-refractivity contribution < 1.29 is 19.2 Å². The summed E-state index contributed by atoms with van der Waals surface area (Å²) in [5.41, 5.74) is 7.26. The van der Waals surface area contributed by atoms with E-state index in [-0.39, 0.29) is 17.1 Å². The summed E-state index contributed by atoms with van der Waals surface area (Å²) < 4.78 is 5.00. The Morgan fingerprint density at radius 3 is 2.24 bits per heavy atom.